The molecule has 2 atom stereocenters. The van der Waals surface area contributed by atoms with Gasteiger partial charge in [0.25, 0.3) is 0 Å². The summed E-state index contributed by atoms with van der Waals surface area (Å²) in [4.78, 5) is 39.6. The number of nitrogens with zero attached hydrogens (tertiary/aromatic N) is 2. The Kier molecular flexibility index (Phi) is 7.29. The molecule has 34 heavy (non-hydrogen) atoms. The van der Waals surface area contributed by atoms with E-state index in [4.69, 9.17) is 14.2 Å². The molecule has 186 valence electrons. The number of methoxy groups -OCH3 is 1. The molecule has 0 saturated carbocycles. The molecular weight excluding hydrogens is 436 g/mol. The number of benzene rings is 1. The second-order valence-corrected chi connectivity index (χ2v) is 10.9. The molecule has 1 saturated heterocycles. The van der Waals surface area contributed by atoms with Crippen molar-refractivity contribution >= 4 is 29.1 Å². The van der Waals surface area contributed by atoms with Gasteiger partial charge in [-0.05, 0) is 71.9 Å². The van der Waals surface area contributed by atoms with E-state index in [-0.39, 0.29) is 18.4 Å². The minimum absolute atomic E-state index is 0.0109. The first-order valence-corrected chi connectivity index (χ1v) is 11.7. The standard InChI is InChI=1S/C26H36N2O6/c1-25(2,3)33-23(30)27-14-17(13-19(15-27)22(29)32-7)12-18-16-28(24(31)34-26(4,5)6)21-11-9-8-10-20(18)21/h8-11,16-17,19H,12-15H2,1-7H3/t17-,19+/m0/s1. The summed E-state index contributed by atoms with van der Waals surface area (Å²) >= 11 is 0. The zero-order valence-electron chi connectivity index (χ0n) is 21.2. The number of likely N-dealkylation sites (tertiary alicyclic amines) is 1. The fourth-order valence-electron chi connectivity index (χ4n) is 4.35. The van der Waals surface area contributed by atoms with Crippen molar-refractivity contribution < 1.29 is 28.6 Å². The summed E-state index contributed by atoms with van der Waals surface area (Å²) in [5, 5.41) is 0.942. The first-order valence-electron chi connectivity index (χ1n) is 11.7. The number of hydrogen-bond acceptors (Lipinski definition) is 6. The lowest BCUT2D eigenvalue weighted by atomic mass is 9.85. The normalized spacial score (nSPS) is 19.1. The highest BCUT2D eigenvalue weighted by Crippen LogP contribution is 2.31. The topological polar surface area (TPSA) is 87.1 Å². The fourth-order valence-corrected chi connectivity index (χ4v) is 4.35. The van der Waals surface area contributed by atoms with Gasteiger partial charge in [-0.3, -0.25) is 9.36 Å². The van der Waals surface area contributed by atoms with Gasteiger partial charge in [0.15, 0.2) is 0 Å². The number of ether oxygens (including phenoxy) is 3. The van der Waals surface area contributed by atoms with Crippen LogP contribution in [0.1, 0.15) is 53.5 Å². The summed E-state index contributed by atoms with van der Waals surface area (Å²) in [6, 6.07) is 7.66. The molecule has 1 fully saturated rings. The molecule has 0 bridgehead atoms. The van der Waals surface area contributed by atoms with Crippen LogP contribution in [0.15, 0.2) is 30.5 Å². The third kappa shape index (κ3) is 6.30. The van der Waals surface area contributed by atoms with Crippen LogP contribution in [0.4, 0.5) is 9.59 Å². The highest BCUT2D eigenvalue weighted by Gasteiger charge is 2.36. The van der Waals surface area contributed by atoms with E-state index < -0.39 is 29.3 Å². The van der Waals surface area contributed by atoms with E-state index >= 15 is 0 Å². The highest BCUT2D eigenvalue weighted by molar-refractivity contribution is 5.92. The van der Waals surface area contributed by atoms with E-state index in [1.165, 1.54) is 11.7 Å². The van der Waals surface area contributed by atoms with Gasteiger partial charge >= 0.3 is 18.2 Å². The van der Waals surface area contributed by atoms with Crippen molar-refractivity contribution in [3.8, 4) is 0 Å². The molecule has 0 spiro atoms. The lowest BCUT2D eigenvalue weighted by Gasteiger charge is -2.37. The van der Waals surface area contributed by atoms with Gasteiger partial charge < -0.3 is 19.1 Å². The molecule has 1 aromatic carbocycles. The van der Waals surface area contributed by atoms with Crippen LogP contribution in [0.3, 0.4) is 0 Å². The SMILES string of the molecule is COC(=O)[C@@H]1C[C@H](Cc2cn(C(=O)OC(C)(C)C)c3ccccc23)CN(C(=O)OC(C)(C)C)C1. The molecule has 8 heteroatoms. The lowest BCUT2D eigenvalue weighted by Crippen LogP contribution is -2.48. The largest absolute Gasteiger partial charge is 0.469 e. The number of carbonyl (C=O) groups is 3. The fraction of sp³-hybridized carbons (Fsp3) is 0.577. The molecule has 1 aromatic heterocycles. The maximum atomic E-state index is 12.8. The van der Waals surface area contributed by atoms with E-state index in [1.807, 2.05) is 65.8 Å². The number of hydrogen-bond donors (Lipinski definition) is 0. The summed E-state index contributed by atoms with van der Waals surface area (Å²) in [7, 11) is 1.36. The van der Waals surface area contributed by atoms with E-state index in [0.717, 1.165) is 16.5 Å². The molecular formula is C26H36N2O6. The third-order valence-corrected chi connectivity index (χ3v) is 5.62. The maximum Gasteiger partial charge on any atom is 0.419 e. The zero-order valence-corrected chi connectivity index (χ0v) is 21.2. The van der Waals surface area contributed by atoms with E-state index in [2.05, 4.69) is 0 Å². The first kappa shape index (κ1) is 25.6. The number of piperidine rings is 1. The second kappa shape index (κ2) is 9.68. The van der Waals surface area contributed by atoms with Crippen molar-refractivity contribution in [2.24, 2.45) is 11.8 Å². The molecule has 1 amide bonds. The van der Waals surface area contributed by atoms with Crippen LogP contribution < -0.4 is 0 Å². The van der Waals surface area contributed by atoms with Crippen LogP contribution in [-0.4, -0.2) is 59.0 Å². The highest BCUT2D eigenvalue weighted by atomic mass is 16.6. The van der Waals surface area contributed by atoms with Gasteiger partial charge in [-0.25, -0.2) is 9.59 Å². The Morgan fingerprint density at radius 3 is 2.18 bits per heavy atom. The second-order valence-electron chi connectivity index (χ2n) is 10.9. The van der Waals surface area contributed by atoms with Gasteiger partial charge in [0, 0.05) is 24.7 Å². The van der Waals surface area contributed by atoms with Gasteiger partial charge in [0.2, 0.25) is 0 Å². The Morgan fingerprint density at radius 1 is 0.941 bits per heavy atom. The minimum Gasteiger partial charge on any atom is -0.469 e. The zero-order chi connectivity index (χ0) is 25.3. The van der Waals surface area contributed by atoms with E-state index in [1.54, 1.807) is 11.1 Å². The molecule has 0 aliphatic carbocycles. The van der Waals surface area contributed by atoms with Gasteiger partial charge in [0.1, 0.15) is 11.2 Å². The Labute approximate surface area is 201 Å². The monoisotopic (exact) mass is 472 g/mol. The van der Waals surface area contributed by atoms with Crippen molar-refractivity contribution in [1.29, 1.82) is 0 Å². The molecule has 3 rings (SSSR count). The average molecular weight is 473 g/mol. The Morgan fingerprint density at radius 2 is 1.56 bits per heavy atom. The van der Waals surface area contributed by atoms with Crippen LogP contribution in [0.5, 0.6) is 0 Å². The van der Waals surface area contributed by atoms with Gasteiger partial charge in [0.05, 0.1) is 18.5 Å². The number of para-hydroxylation sites is 1. The van der Waals surface area contributed by atoms with Gasteiger partial charge in [-0.1, -0.05) is 18.2 Å². The van der Waals surface area contributed by atoms with Crippen molar-refractivity contribution in [1.82, 2.24) is 9.47 Å². The molecule has 1 aliphatic rings. The predicted molar refractivity (Wildman–Crippen MR) is 129 cm³/mol. The Balaban J connectivity index is 1.89. The van der Waals surface area contributed by atoms with Crippen LogP contribution in [0, 0.1) is 11.8 Å². The molecule has 8 nitrogen and oxygen atoms in total. The number of fused-ring (bicyclic) bond motifs is 1. The minimum atomic E-state index is -0.633. The molecule has 0 unspecified atom stereocenters. The molecule has 2 aromatic rings. The molecule has 0 radical (unpaired) electrons. The average Bonchev–Trinajstić information content (AvgIpc) is 3.09. The summed E-state index contributed by atoms with van der Waals surface area (Å²) in [6.07, 6.45) is 2.09. The van der Waals surface area contributed by atoms with Crippen molar-refractivity contribution in [2.45, 2.75) is 65.6 Å². The van der Waals surface area contributed by atoms with Crippen molar-refractivity contribution in [3.05, 3.63) is 36.0 Å². The quantitative estimate of drug-likeness (QED) is 0.461. The number of esters is 1. The van der Waals surface area contributed by atoms with E-state index in [9.17, 15) is 14.4 Å². The maximum absolute atomic E-state index is 12.8. The summed E-state index contributed by atoms with van der Waals surface area (Å²) in [6.45, 7) is 11.7. The van der Waals surface area contributed by atoms with E-state index in [0.29, 0.717) is 19.4 Å². The summed E-state index contributed by atoms with van der Waals surface area (Å²) in [5.41, 5.74) is 0.469. The predicted octanol–water partition coefficient (Wildman–Crippen LogP) is 5.01. The van der Waals surface area contributed by atoms with Crippen molar-refractivity contribution in [3.63, 3.8) is 0 Å². The number of carbonyl (C=O) groups excluding carboxylic acids is 3. The summed E-state index contributed by atoms with van der Waals surface area (Å²) in [5.74, 6) is -0.784. The Bertz CT molecular complexity index is 1060. The Hall–Kier alpha value is -3.03. The van der Waals surface area contributed by atoms with Crippen LogP contribution in [0.25, 0.3) is 10.9 Å². The molecule has 2 heterocycles. The number of rotatable bonds is 3. The van der Waals surface area contributed by atoms with Crippen LogP contribution >= 0.6 is 0 Å². The molecule has 1 aliphatic heterocycles. The van der Waals surface area contributed by atoms with Gasteiger partial charge in [-0.15, -0.1) is 0 Å². The van der Waals surface area contributed by atoms with Crippen LogP contribution in [0.2, 0.25) is 0 Å². The lowest BCUT2D eigenvalue weighted by molar-refractivity contribution is -0.147. The smallest absolute Gasteiger partial charge is 0.419 e. The number of amides is 1. The number of aromatic nitrogens is 1. The van der Waals surface area contributed by atoms with Crippen molar-refractivity contribution in [2.75, 3.05) is 20.2 Å². The van der Waals surface area contributed by atoms with Crippen LogP contribution in [-0.2, 0) is 25.4 Å². The molecule has 0 N–H and O–H groups in total. The first-order chi connectivity index (χ1) is 15.8. The third-order valence-electron chi connectivity index (χ3n) is 5.62. The summed E-state index contributed by atoms with van der Waals surface area (Å²) < 4.78 is 17.7. The van der Waals surface area contributed by atoms with Gasteiger partial charge in [-0.2, -0.15) is 0 Å².